The SMILES string of the molecule is O=C(Cc1csc(-c2ncccn2)n1)N1CCOc2c(F)cccc2C1. The lowest BCUT2D eigenvalue weighted by atomic mass is 10.1. The number of ether oxygens (including phenoxy) is 1. The van der Waals surface area contributed by atoms with Gasteiger partial charge in [-0.1, -0.05) is 12.1 Å². The molecule has 0 saturated carbocycles. The summed E-state index contributed by atoms with van der Waals surface area (Å²) in [6.45, 7) is 0.996. The van der Waals surface area contributed by atoms with Gasteiger partial charge in [0.05, 0.1) is 18.7 Å². The molecule has 2 aromatic heterocycles. The van der Waals surface area contributed by atoms with Crippen LogP contribution in [0.5, 0.6) is 5.75 Å². The second-order valence-corrected chi connectivity index (χ2v) is 6.64. The Hall–Kier alpha value is -2.87. The van der Waals surface area contributed by atoms with Gasteiger partial charge >= 0.3 is 0 Å². The molecular weight excluding hydrogens is 355 g/mol. The third kappa shape index (κ3) is 3.41. The maximum absolute atomic E-state index is 13.8. The molecule has 26 heavy (non-hydrogen) atoms. The van der Waals surface area contributed by atoms with E-state index >= 15 is 0 Å². The van der Waals surface area contributed by atoms with E-state index in [1.807, 2.05) is 5.38 Å². The van der Waals surface area contributed by atoms with Crippen LogP contribution < -0.4 is 4.74 Å². The molecule has 0 bridgehead atoms. The molecule has 3 aromatic rings. The van der Waals surface area contributed by atoms with E-state index in [4.69, 9.17) is 4.74 Å². The first kappa shape index (κ1) is 16.6. The summed E-state index contributed by atoms with van der Waals surface area (Å²) in [5.41, 5.74) is 1.35. The molecule has 0 fully saturated rings. The Morgan fingerprint density at radius 3 is 2.96 bits per heavy atom. The number of benzene rings is 1. The Morgan fingerprint density at radius 1 is 1.27 bits per heavy atom. The van der Waals surface area contributed by atoms with Gasteiger partial charge in [0.15, 0.2) is 22.4 Å². The van der Waals surface area contributed by atoms with E-state index in [1.165, 1.54) is 17.4 Å². The van der Waals surface area contributed by atoms with E-state index in [0.29, 0.717) is 35.2 Å². The van der Waals surface area contributed by atoms with Gasteiger partial charge in [-0.2, -0.15) is 0 Å². The molecule has 0 spiro atoms. The number of carbonyl (C=O) groups excluding carboxylic acids is 1. The molecule has 0 radical (unpaired) electrons. The van der Waals surface area contributed by atoms with Crippen LogP contribution >= 0.6 is 11.3 Å². The zero-order valence-electron chi connectivity index (χ0n) is 13.8. The van der Waals surface area contributed by atoms with Crippen molar-refractivity contribution in [2.45, 2.75) is 13.0 Å². The highest BCUT2D eigenvalue weighted by molar-refractivity contribution is 7.13. The van der Waals surface area contributed by atoms with E-state index < -0.39 is 5.82 Å². The summed E-state index contributed by atoms with van der Waals surface area (Å²) >= 11 is 1.40. The number of para-hydroxylation sites is 1. The molecule has 0 aliphatic carbocycles. The quantitative estimate of drug-likeness (QED) is 0.709. The van der Waals surface area contributed by atoms with Gasteiger partial charge < -0.3 is 9.64 Å². The van der Waals surface area contributed by atoms with Gasteiger partial charge in [0.1, 0.15) is 6.61 Å². The lowest BCUT2D eigenvalue weighted by Gasteiger charge is -2.19. The second kappa shape index (κ2) is 7.17. The van der Waals surface area contributed by atoms with Gasteiger partial charge in [-0.05, 0) is 12.1 Å². The molecule has 1 amide bonds. The summed E-state index contributed by atoms with van der Waals surface area (Å²) in [6.07, 6.45) is 3.48. The van der Waals surface area contributed by atoms with Crippen molar-refractivity contribution in [1.82, 2.24) is 19.9 Å². The first-order chi connectivity index (χ1) is 12.7. The van der Waals surface area contributed by atoms with Crippen LogP contribution in [0, 0.1) is 5.82 Å². The summed E-state index contributed by atoms with van der Waals surface area (Å²) in [4.78, 5) is 27.1. The predicted molar refractivity (Wildman–Crippen MR) is 94.2 cm³/mol. The number of aromatic nitrogens is 3. The van der Waals surface area contributed by atoms with E-state index in [9.17, 15) is 9.18 Å². The highest BCUT2D eigenvalue weighted by atomic mass is 32.1. The monoisotopic (exact) mass is 370 g/mol. The van der Waals surface area contributed by atoms with E-state index in [0.717, 1.165) is 0 Å². The Bertz CT molecular complexity index is 932. The highest BCUT2D eigenvalue weighted by Gasteiger charge is 2.22. The molecule has 4 rings (SSSR count). The van der Waals surface area contributed by atoms with Crippen molar-refractivity contribution >= 4 is 17.2 Å². The Labute approximate surface area is 153 Å². The number of fused-ring (bicyclic) bond motifs is 1. The molecule has 6 nitrogen and oxygen atoms in total. The molecule has 3 heterocycles. The van der Waals surface area contributed by atoms with Crippen LogP contribution in [0.3, 0.4) is 0 Å². The van der Waals surface area contributed by atoms with Gasteiger partial charge in [0, 0.05) is 29.9 Å². The molecule has 1 aliphatic heterocycles. The van der Waals surface area contributed by atoms with Crippen LogP contribution in [-0.2, 0) is 17.8 Å². The highest BCUT2D eigenvalue weighted by Crippen LogP contribution is 2.27. The zero-order chi connectivity index (χ0) is 17.9. The maximum atomic E-state index is 13.8. The van der Waals surface area contributed by atoms with E-state index in [2.05, 4.69) is 15.0 Å². The molecule has 0 unspecified atom stereocenters. The molecule has 0 saturated heterocycles. The van der Waals surface area contributed by atoms with Gasteiger partial charge in [0.2, 0.25) is 5.91 Å². The number of carbonyl (C=O) groups is 1. The van der Waals surface area contributed by atoms with E-state index in [-0.39, 0.29) is 24.7 Å². The van der Waals surface area contributed by atoms with Crippen LogP contribution in [0.25, 0.3) is 10.8 Å². The van der Waals surface area contributed by atoms with Crippen LogP contribution in [0.2, 0.25) is 0 Å². The minimum absolute atomic E-state index is 0.0726. The predicted octanol–water partition coefficient (Wildman–Crippen LogP) is 2.70. The van der Waals surface area contributed by atoms with Crippen LogP contribution in [0.15, 0.2) is 42.0 Å². The Balaban J connectivity index is 1.48. The molecular formula is C18H15FN4O2S. The third-order valence-electron chi connectivity index (χ3n) is 4.01. The summed E-state index contributed by atoms with van der Waals surface area (Å²) in [5, 5.41) is 2.52. The first-order valence-electron chi connectivity index (χ1n) is 8.10. The number of nitrogens with zero attached hydrogens (tertiary/aromatic N) is 4. The summed E-state index contributed by atoms with van der Waals surface area (Å²) < 4.78 is 19.3. The topological polar surface area (TPSA) is 68.2 Å². The minimum Gasteiger partial charge on any atom is -0.488 e. The number of thiazole rings is 1. The van der Waals surface area contributed by atoms with Crippen molar-refractivity contribution in [3.05, 3.63) is 59.1 Å². The fraction of sp³-hybridized carbons (Fsp3) is 0.222. The van der Waals surface area contributed by atoms with Gasteiger partial charge in [-0.15, -0.1) is 11.3 Å². The van der Waals surface area contributed by atoms with Crippen molar-refractivity contribution < 1.29 is 13.9 Å². The van der Waals surface area contributed by atoms with Crippen molar-refractivity contribution in [2.24, 2.45) is 0 Å². The average Bonchev–Trinajstić information content (AvgIpc) is 3.00. The number of hydrogen-bond donors (Lipinski definition) is 0. The van der Waals surface area contributed by atoms with Crippen LogP contribution in [0.1, 0.15) is 11.3 Å². The third-order valence-corrected chi connectivity index (χ3v) is 4.90. The standard InChI is InChI=1S/C18H15FN4O2S/c19-14-4-1-3-12-10-23(7-8-25-16(12)14)15(24)9-13-11-26-18(22-13)17-20-5-2-6-21-17/h1-6,11H,7-10H2. The zero-order valence-corrected chi connectivity index (χ0v) is 14.6. The average molecular weight is 370 g/mol. The smallest absolute Gasteiger partial charge is 0.229 e. The van der Waals surface area contributed by atoms with Crippen molar-refractivity contribution in [2.75, 3.05) is 13.2 Å². The number of rotatable bonds is 3. The van der Waals surface area contributed by atoms with Gasteiger partial charge in [-0.25, -0.2) is 19.3 Å². The van der Waals surface area contributed by atoms with Crippen LogP contribution in [-0.4, -0.2) is 38.9 Å². The Kier molecular flexibility index (Phi) is 4.57. The lowest BCUT2D eigenvalue weighted by Crippen LogP contribution is -2.33. The van der Waals surface area contributed by atoms with Crippen molar-refractivity contribution in [3.63, 3.8) is 0 Å². The van der Waals surface area contributed by atoms with Gasteiger partial charge in [-0.3, -0.25) is 4.79 Å². The summed E-state index contributed by atoms with van der Waals surface area (Å²) in [7, 11) is 0. The molecule has 1 aromatic carbocycles. The maximum Gasteiger partial charge on any atom is 0.229 e. The Morgan fingerprint density at radius 2 is 2.12 bits per heavy atom. The largest absolute Gasteiger partial charge is 0.488 e. The fourth-order valence-corrected chi connectivity index (χ4v) is 3.53. The second-order valence-electron chi connectivity index (χ2n) is 5.79. The number of halogens is 1. The van der Waals surface area contributed by atoms with E-state index in [1.54, 1.807) is 35.5 Å². The summed E-state index contributed by atoms with van der Waals surface area (Å²) in [5.74, 6) is 0.309. The van der Waals surface area contributed by atoms with Crippen molar-refractivity contribution in [1.29, 1.82) is 0 Å². The molecule has 8 heteroatoms. The number of hydrogen-bond acceptors (Lipinski definition) is 6. The molecule has 0 N–H and O–H groups in total. The summed E-state index contributed by atoms with van der Waals surface area (Å²) in [6, 6.07) is 6.50. The first-order valence-corrected chi connectivity index (χ1v) is 8.98. The number of amides is 1. The minimum atomic E-state index is -0.399. The van der Waals surface area contributed by atoms with Crippen molar-refractivity contribution in [3.8, 4) is 16.6 Å². The van der Waals surface area contributed by atoms with Gasteiger partial charge in [0.25, 0.3) is 0 Å². The molecule has 1 aliphatic rings. The normalized spacial score (nSPS) is 13.7. The fourth-order valence-electron chi connectivity index (χ4n) is 2.76. The van der Waals surface area contributed by atoms with Crippen LogP contribution in [0.4, 0.5) is 4.39 Å². The lowest BCUT2D eigenvalue weighted by molar-refractivity contribution is -0.131. The molecule has 0 atom stereocenters. The molecule has 132 valence electrons.